The van der Waals surface area contributed by atoms with Gasteiger partial charge in [-0.2, -0.15) is 4.98 Å². The predicted molar refractivity (Wildman–Crippen MR) is 86.3 cm³/mol. The molecule has 1 aromatic heterocycles. The van der Waals surface area contributed by atoms with Crippen LogP contribution in [0, 0.1) is 24.0 Å². The summed E-state index contributed by atoms with van der Waals surface area (Å²) in [5, 5.41) is 15.0. The fourth-order valence-electron chi connectivity index (χ4n) is 2.12. The Kier molecular flexibility index (Phi) is 3.83. The molecule has 3 aromatic rings. The smallest absolute Gasteiger partial charge is 0.288 e. The molecule has 0 N–H and O–H groups in total. The highest BCUT2D eigenvalue weighted by atomic mass is 35.5. The molecule has 0 aliphatic rings. The molecule has 1 heterocycles. The molecule has 3 rings (SSSR count). The topological polar surface area (TPSA) is 82.1 Å². The second-order valence-corrected chi connectivity index (χ2v) is 5.55. The maximum atomic E-state index is 11.0. The molecule has 0 saturated heterocycles. The first-order valence-electron chi connectivity index (χ1n) is 6.81. The Bertz CT molecular complexity index is 905. The zero-order valence-electron chi connectivity index (χ0n) is 12.4. The van der Waals surface area contributed by atoms with Crippen molar-refractivity contribution in [1.29, 1.82) is 0 Å². The van der Waals surface area contributed by atoms with Gasteiger partial charge in [-0.25, -0.2) is 0 Å². The van der Waals surface area contributed by atoms with E-state index in [1.807, 2.05) is 32.0 Å². The molecule has 7 heteroatoms. The second kappa shape index (κ2) is 5.81. The Labute approximate surface area is 136 Å². The largest absolute Gasteiger partial charge is 0.334 e. The normalized spacial score (nSPS) is 10.7. The standard InChI is InChI=1S/C16H12ClN3O3/c1-9-3-4-11(7-10(9)2)15-18-16(23-19-15)12-5-6-13(17)14(8-12)20(21)22/h3-8H,1-2H3. The number of hydrogen-bond acceptors (Lipinski definition) is 5. The molecule has 0 fully saturated rings. The molecular weight excluding hydrogens is 318 g/mol. The number of nitro benzene ring substituents is 1. The molecule has 0 aliphatic heterocycles. The van der Waals surface area contributed by atoms with Crippen molar-refractivity contribution in [3.8, 4) is 22.8 Å². The third kappa shape index (κ3) is 2.93. The van der Waals surface area contributed by atoms with Crippen molar-refractivity contribution < 1.29 is 9.45 Å². The van der Waals surface area contributed by atoms with Crippen LogP contribution in [0.2, 0.25) is 5.02 Å². The number of nitrogens with zero attached hydrogens (tertiary/aromatic N) is 3. The highest BCUT2D eigenvalue weighted by Crippen LogP contribution is 2.30. The van der Waals surface area contributed by atoms with Crippen molar-refractivity contribution in [2.24, 2.45) is 0 Å². The Morgan fingerprint density at radius 3 is 2.52 bits per heavy atom. The summed E-state index contributed by atoms with van der Waals surface area (Å²) in [5.41, 5.74) is 3.37. The zero-order valence-corrected chi connectivity index (χ0v) is 13.2. The number of nitro groups is 1. The van der Waals surface area contributed by atoms with Gasteiger partial charge in [0, 0.05) is 17.2 Å². The number of halogens is 1. The highest BCUT2D eigenvalue weighted by molar-refractivity contribution is 6.32. The number of aromatic nitrogens is 2. The van der Waals surface area contributed by atoms with Gasteiger partial charge in [-0.1, -0.05) is 28.9 Å². The van der Waals surface area contributed by atoms with Crippen LogP contribution in [0.4, 0.5) is 5.69 Å². The Balaban J connectivity index is 2.00. The van der Waals surface area contributed by atoms with E-state index in [0.717, 1.165) is 11.1 Å². The Morgan fingerprint density at radius 1 is 1.09 bits per heavy atom. The SMILES string of the molecule is Cc1ccc(-c2noc(-c3ccc(Cl)c([N+](=O)[O-])c3)n2)cc1C. The van der Waals surface area contributed by atoms with E-state index in [9.17, 15) is 10.1 Å². The Hall–Kier alpha value is -2.73. The van der Waals surface area contributed by atoms with E-state index in [0.29, 0.717) is 11.4 Å². The lowest BCUT2D eigenvalue weighted by Gasteiger charge is -2.00. The fourth-order valence-corrected chi connectivity index (χ4v) is 2.31. The number of hydrogen-bond donors (Lipinski definition) is 0. The van der Waals surface area contributed by atoms with E-state index >= 15 is 0 Å². The van der Waals surface area contributed by atoms with Gasteiger partial charge in [0.25, 0.3) is 11.6 Å². The molecule has 116 valence electrons. The maximum absolute atomic E-state index is 11.0. The summed E-state index contributed by atoms with van der Waals surface area (Å²) in [5.74, 6) is 0.638. The molecule has 0 aliphatic carbocycles. The van der Waals surface area contributed by atoms with E-state index in [1.54, 1.807) is 6.07 Å². The third-order valence-corrected chi connectivity index (χ3v) is 3.90. The third-order valence-electron chi connectivity index (χ3n) is 3.58. The molecule has 0 atom stereocenters. The van der Waals surface area contributed by atoms with Gasteiger partial charge in [0.15, 0.2) is 0 Å². The van der Waals surface area contributed by atoms with Crippen LogP contribution in [0.25, 0.3) is 22.8 Å². The number of aryl methyl sites for hydroxylation is 2. The predicted octanol–water partition coefficient (Wildman–Crippen LogP) is 4.58. The molecule has 0 amide bonds. The van der Waals surface area contributed by atoms with E-state index < -0.39 is 4.92 Å². The fraction of sp³-hybridized carbons (Fsp3) is 0.125. The first kappa shape index (κ1) is 15.2. The van der Waals surface area contributed by atoms with Crippen LogP contribution in [-0.4, -0.2) is 15.1 Å². The van der Waals surface area contributed by atoms with Gasteiger partial charge in [-0.05, 0) is 43.2 Å². The maximum Gasteiger partial charge on any atom is 0.288 e. The minimum absolute atomic E-state index is 0.0626. The van der Waals surface area contributed by atoms with Crippen LogP contribution in [0.15, 0.2) is 40.9 Å². The van der Waals surface area contributed by atoms with E-state index in [-0.39, 0.29) is 16.6 Å². The monoisotopic (exact) mass is 329 g/mol. The summed E-state index contributed by atoms with van der Waals surface area (Å²) in [6, 6.07) is 10.2. The van der Waals surface area contributed by atoms with Crippen molar-refractivity contribution in [3.63, 3.8) is 0 Å². The molecule has 0 bridgehead atoms. The summed E-state index contributed by atoms with van der Waals surface area (Å²) >= 11 is 5.80. The van der Waals surface area contributed by atoms with E-state index in [2.05, 4.69) is 10.1 Å². The minimum Gasteiger partial charge on any atom is -0.334 e. The lowest BCUT2D eigenvalue weighted by atomic mass is 10.1. The molecule has 0 saturated carbocycles. The lowest BCUT2D eigenvalue weighted by Crippen LogP contribution is -1.90. The van der Waals surface area contributed by atoms with E-state index in [4.69, 9.17) is 16.1 Å². The molecule has 0 radical (unpaired) electrons. The quantitative estimate of drug-likeness (QED) is 0.518. The molecular formula is C16H12ClN3O3. The van der Waals surface area contributed by atoms with Crippen LogP contribution >= 0.6 is 11.6 Å². The van der Waals surface area contributed by atoms with Crippen LogP contribution < -0.4 is 0 Å². The zero-order chi connectivity index (χ0) is 16.6. The highest BCUT2D eigenvalue weighted by Gasteiger charge is 2.17. The van der Waals surface area contributed by atoms with Gasteiger partial charge in [-0.15, -0.1) is 0 Å². The number of benzene rings is 2. The van der Waals surface area contributed by atoms with Crippen molar-refractivity contribution in [1.82, 2.24) is 10.1 Å². The summed E-state index contributed by atoms with van der Waals surface area (Å²) in [6.07, 6.45) is 0. The summed E-state index contributed by atoms with van der Waals surface area (Å²) in [6.45, 7) is 4.02. The molecule has 23 heavy (non-hydrogen) atoms. The van der Waals surface area contributed by atoms with Gasteiger partial charge < -0.3 is 4.52 Å². The van der Waals surface area contributed by atoms with E-state index in [1.165, 1.54) is 17.7 Å². The molecule has 6 nitrogen and oxygen atoms in total. The van der Waals surface area contributed by atoms with Gasteiger partial charge in [0.1, 0.15) is 5.02 Å². The average Bonchev–Trinajstić information content (AvgIpc) is 3.00. The van der Waals surface area contributed by atoms with Crippen LogP contribution in [0.5, 0.6) is 0 Å². The molecule has 0 unspecified atom stereocenters. The summed E-state index contributed by atoms with van der Waals surface area (Å²) in [7, 11) is 0. The molecule has 0 spiro atoms. The minimum atomic E-state index is -0.549. The molecule has 2 aromatic carbocycles. The van der Waals surface area contributed by atoms with Crippen molar-refractivity contribution >= 4 is 17.3 Å². The summed E-state index contributed by atoms with van der Waals surface area (Å²) < 4.78 is 5.22. The van der Waals surface area contributed by atoms with Crippen molar-refractivity contribution in [2.45, 2.75) is 13.8 Å². The van der Waals surface area contributed by atoms with Crippen LogP contribution in [-0.2, 0) is 0 Å². The van der Waals surface area contributed by atoms with Crippen LogP contribution in [0.1, 0.15) is 11.1 Å². The number of rotatable bonds is 3. The van der Waals surface area contributed by atoms with Gasteiger partial charge in [-0.3, -0.25) is 10.1 Å². The Morgan fingerprint density at radius 2 is 1.83 bits per heavy atom. The van der Waals surface area contributed by atoms with Gasteiger partial charge in [0.05, 0.1) is 4.92 Å². The second-order valence-electron chi connectivity index (χ2n) is 5.15. The van der Waals surface area contributed by atoms with Crippen molar-refractivity contribution in [3.05, 3.63) is 62.7 Å². The average molecular weight is 330 g/mol. The first-order chi connectivity index (χ1) is 11.0. The van der Waals surface area contributed by atoms with Gasteiger partial charge in [0.2, 0.25) is 5.82 Å². The first-order valence-corrected chi connectivity index (χ1v) is 7.19. The summed E-state index contributed by atoms with van der Waals surface area (Å²) in [4.78, 5) is 14.7. The van der Waals surface area contributed by atoms with Crippen molar-refractivity contribution in [2.75, 3.05) is 0 Å². The van der Waals surface area contributed by atoms with Gasteiger partial charge >= 0.3 is 0 Å². The van der Waals surface area contributed by atoms with Crippen LogP contribution in [0.3, 0.4) is 0 Å². The lowest BCUT2D eigenvalue weighted by molar-refractivity contribution is -0.384.